The molecule has 2 aliphatic rings. The molecule has 0 bridgehead atoms. The molecule has 0 aromatic heterocycles. The molecule has 6 heteroatoms. The van der Waals surface area contributed by atoms with Gasteiger partial charge in [0, 0.05) is 6.07 Å². The number of ether oxygens (including phenoxy) is 4. The van der Waals surface area contributed by atoms with Gasteiger partial charge in [0.2, 0.25) is 5.91 Å². The molecule has 1 saturated heterocycles. The van der Waals surface area contributed by atoms with Crippen molar-refractivity contribution in [1.82, 2.24) is 4.90 Å². The van der Waals surface area contributed by atoms with E-state index in [1.165, 1.54) is 0 Å². The Labute approximate surface area is 158 Å². The van der Waals surface area contributed by atoms with Crippen LogP contribution in [0.3, 0.4) is 0 Å². The highest BCUT2D eigenvalue weighted by atomic mass is 16.5. The van der Waals surface area contributed by atoms with Gasteiger partial charge in [-0.2, -0.15) is 0 Å². The molecule has 0 aliphatic carbocycles. The number of fused-ring (bicyclic) bond motifs is 1. The fourth-order valence-electron chi connectivity index (χ4n) is 3.48. The maximum absolute atomic E-state index is 12.8. The van der Waals surface area contributed by atoms with Crippen LogP contribution in [0.25, 0.3) is 0 Å². The minimum Gasteiger partial charge on any atom is -0.497 e. The molecule has 2 aromatic carbocycles. The molecule has 2 aromatic rings. The van der Waals surface area contributed by atoms with Gasteiger partial charge in [0.25, 0.3) is 0 Å². The summed E-state index contributed by atoms with van der Waals surface area (Å²) in [6.07, 6.45) is 0.679. The summed E-state index contributed by atoms with van der Waals surface area (Å²) >= 11 is 0. The molecule has 0 N–H and O–H groups in total. The van der Waals surface area contributed by atoms with Gasteiger partial charge in [0.05, 0.1) is 33.2 Å². The van der Waals surface area contributed by atoms with Crippen molar-refractivity contribution in [2.75, 3.05) is 33.9 Å². The van der Waals surface area contributed by atoms with Crippen LogP contribution in [-0.4, -0.2) is 50.8 Å². The number of benzene rings is 2. The van der Waals surface area contributed by atoms with Gasteiger partial charge in [0.1, 0.15) is 24.2 Å². The number of rotatable bonds is 5. The first-order chi connectivity index (χ1) is 13.2. The van der Waals surface area contributed by atoms with Crippen LogP contribution >= 0.6 is 0 Å². The Bertz CT molecular complexity index is 831. The van der Waals surface area contributed by atoms with Crippen LogP contribution in [0.4, 0.5) is 0 Å². The van der Waals surface area contributed by atoms with Gasteiger partial charge < -0.3 is 23.8 Å². The van der Waals surface area contributed by atoms with Crippen molar-refractivity contribution >= 4 is 5.91 Å². The van der Waals surface area contributed by atoms with Gasteiger partial charge in [-0.15, -0.1) is 0 Å². The minimum atomic E-state index is -0.155. The van der Waals surface area contributed by atoms with Crippen molar-refractivity contribution < 1.29 is 23.7 Å². The zero-order valence-electron chi connectivity index (χ0n) is 15.5. The number of carbonyl (C=O) groups excluding carboxylic acids is 1. The molecule has 0 saturated carbocycles. The van der Waals surface area contributed by atoms with Crippen molar-refractivity contribution in [1.29, 1.82) is 0 Å². The number of carbonyl (C=O) groups is 1. The van der Waals surface area contributed by atoms with Crippen LogP contribution in [0, 0.1) is 5.92 Å². The minimum absolute atomic E-state index is 0.00805. The second-order valence-corrected chi connectivity index (χ2v) is 6.82. The fraction of sp³-hybridized carbons (Fsp3) is 0.381. The molecule has 142 valence electrons. The van der Waals surface area contributed by atoms with Crippen molar-refractivity contribution in [2.45, 2.75) is 12.5 Å². The van der Waals surface area contributed by atoms with Gasteiger partial charge in [-0.1, -0.05) is 18.2 Å². The number of nitrogens with zero attached hydrogens (tertiary/aromatic N) is 1. The first-order valence-corrected chi connectivity index (χ1v) is 9.06. The van der Waals surface area contributed by atoms with E-state index >= 15 is 0 Å². The monoisotopic (exact) mass is 369 g/mol. The van der Waals surface area contributed by atoms with Gasteiger partial charge in [-0.3, -0.25) is 4.79 Å². The smallest absolute Gasteiger partial charge is 0.229 e. The van der Waals surface area contributed by atoms with E-state index in [9.17, 15) is 4.79 Å². The number of likely N-dealkylation sites (tertiary alicyclic amines) is 1. The summed E-state index contributed by atoms with van der Waals surface area (Å²) in [4.78, 5) is 14.6. The summed E-state index contributed by atoms with van der Waals surface area (Å²) in [5.74, 6) is 2.95. The summed E-state index contributed by atoms with van der Waals surface area (Å²) in [5, 5.41) is 0. The maximum Gasteiger partial charge on any atom is 0.229 e. The van der Waals surface area contributed by atoms with Crippen molar-refractivity contribution in [3.63, 3.8) is 0 Å². The van der Waals surface area contributed by atoms with Crippen molar-refractivity contribution in [2.24, 2.45) is 5.92 Å². The Morgan fingerprint density at radius 3 is 2.59 bits per heavy atom. The highest BCUT2D eigenvalue weighted by molar-refractivity contribution is 5.80. The molecule has 4 rings (SSSR count). The second kappa shape index (κ2) is 7.39. The third-order valence-electron chi connectivity index (χ3n) is 5.05. The Morgan fingerprint density at radius 1 is 1.07 bits per heavy atom. The Hall–Kier alpha value is -2.89. The molecular formula is C21H23NO5. The number of hydrogen-bond acceptors (Lipinski definition) is 5. The largest absolute Gasteiger partial charge is 0.497 e. The molecule has 1 fully saturated rings. The summed E-state index contributed by atoms with van der Waals surface area (Å²) < 4.78 is 22.3. The average molecular weight is 369 g/mol. The molecule has 6 nitrogen and oxygen atoms in total. The molecular weight excluding hydrogens is 346 g/mol. The van der Waals surface area contributed by atoms with Crippen LogP contribution in [-0.2, 0) is 11.2 Å². The van der Waals surface area contributed by atoms with E-state index in [1.54, 1.807) is 14.2 Å². The topological polar surface area (TPSA) is 57.2 Å². The Kier molecular flexibility index (Phi) is 4.79. The third kappa shape index (κ3) is 3.52. The fourth-order valence-corrected chi connectivity index (χ4v) is 3.48. The van der Waals surface area contributed by atoms with Gasteiger partial charge in [-0.05, 0) is 30.2 Å². The SMILES string of the molecule is COc1ccc2c(c1)OCC(C(=O)N1CC(Oc3ccccc3OC)C1)C2. The Morgan fingerprint density at radius 2 is 1.85 bits per heavy atom. The van der Waals surface area contributed by atoms with Crippen LogP contribution in [0.5, 0.6) is 23.0 Å². The normalized spacial score (nSPS) is 18.7. The number of hydrogen-bond donors (Lipinski definition) is 0. The number of amides is 1. The summed E-state index contributed by atoms with van der Waals surface area (Å²) in [6, 6.07) is 13.3. The van der Waals surface area contributed by atoms with Gasteiger partial charge in [0.15, 0.2) is 11.5 Å². The van der Waals surface area contributed by atoms with E-state index in [2.05, 4.69) is 0 Å². The summed E-state index contributed by atoms with van der Waals surface area (Å²) in [5.41, 5.74) is 1.04. The van der Waals surface area contributed by atoms with E-state index < -0.39 is 0 Å². The zero-order valence-corrected chi connectivity index (χ0v) is 15.5. The highest BCUT2D eigenvalue weighted by Gasteiger charge is 2.37. The van der Waals surface area contributed by atoms with Crippen LogP contribution < -0.4 is 18.9 Å². The zero-order chi connectivity index (χ0) is 18.8. The number of para-hydroxylation sites is 2. The van der Waals surface area contributed by atoms with Crippen LogP contribution in [0.1, 0.15) is 5.56 Å². The lowest BCUT2D eigenvalue weighted by Crippen LogP contribution is -2.58. The molecule has 1 unspecified atom stereocenters. The van der Waals surface area contributed by atoms with E-state index in [-0.39, 0.29) is 17.9 Å². The lowest BCUT2D eigenvalue weighted by molar-refractivity contribution is -0.145. The first-order valence-electron chi connectivity index (χ1n) is 9.06. The maximum atomic E-state index is 12.8. The van der Waals surface area contributed by atoms with Gasteiger partial charge in [-0.25, -0.2) is 0 Å². The van der Waals surface area contributed by atoms with E-state index in [1.807, 2.05) is 47.4 Å². The quantitative estimate of drug-likeness (QED) is 0.811. The molecule has 2 heterocycles. The van der Waals surface area contributed by atoms with E-state index in [4.69, 9.17) is 18.9 Å². The lowest BCUT2D eigenvalue weighted by Gasteiger charge is -2.41. The lowest BCUT2D eigenvalue weighted by atomic mass is 9.94. The third-order valence-corrected chi connectivity index (χ3v) is 5.05. The Balaban J connectivity index is 1.33. The summed E-state index contributed by atoms with van der Waals surface area (Å²) in [6.45, 7) is 1.57. The van der Waals surface area contributed by atoms with Crippen molar-refractivity contribution in [3.05, 3.63) is 48.0 Å². The molecule has 1 amide bonds. The van der Waals surface area contributed by atoms with Crippen molar-refractivity contribution in [3.8, 4) is 23.0 Å². The predicted molar refractivity (Wildman–Crippen MR) is 99.7 cm³/mol. The molecule has 0 radical (unpaired) electrons. The standard InChI is InChI=1S/C21H23NO5/c1-24-16-8-7-14-9-15(13-26-20(14)10-16)21(23)22-11-17(12-22)27-19-6-4-3-5-18(19)25-2/h3-8,10,15,17H,9,11-13H2,1-2H3. The van der Waals surface area contributed by atoms with E-state index in [0.29, 0.717) is 37.6 Å². The van der Waals surface area contributed by atoms with E-state index in [0.717, 1.165) is 17.1 Å². The highest BCUT2D eigenvalue weighted by Crippen LogP contribution is 2.33. The molecule has 1 atom stereocenters. The first kappa shape index (κ1) is 17.5. The number of methoxy groups -OCH3 is 2. The van der Waals surface area contributed by atoms with Crippen LogP contribution in [0.2, 0.25) is 0 Å². The molecule has 2 aliphatic heterocycles. The predicted octanol–water partition coefficient (Wildman–Crippen LogP) is 2.54. The molecule has 27 heavy (non-hydrogen) atoms. The average Bonchev–Trinajstić information content (AvgIpc) is 2.69. The molecule has 0 spiro atoms. The summed E-state index contributed by atoms with van der Waals surface area (Å²) in [7, 11) is 3.25. The van der Waals surface area contributed by atoms with Gasteiger partial charge >= 0.3 is 0 Å². The van der Waals surface area contributed by atoms with Crippen LogP contribution in [0.15, 0.2) is 42.5 Å². The second-order valence-electron chi connectivity index (χ2n) is 6.82.